The van der Waals surface area contributed by atoms with Gasteiger partial charge in [0, 0.05) is 17.3 Å². The summed E-state index contributed by atoms with van der Waals surface area (Å²) >= 11 is 3.24. The van der Waals surface area contributed by atoms with Crippen molar-refractivity contribution in [3.63, 3.8) is 0 Å². The van der Waals surface area contributed by atoms with Crippen LogP contribution in [0.1, 0.15) is 22.5 Å². The summed E-state index contributed by atoms with van der Waals surface area (Å²) in [6.45, 7) is 0.347. The average molecular weight is 402 g/mol. The van der Waals surface area contributed by atoms with Gasteiger partial charge in [-0.3, -0.25) is 4.79 Å². The molecular weight excluding hydrogens is 389 g/mol. The van der Waals surface area contributed by atoms with Crippen molar-refractivity contribution in [1.29, 1.82) is 0 Å². The molecule has 1 aromatic carbocycles. The molecule has 1 aliphatic heterocycles. The van der Waals surface area contributed by atoms with Crippen LogP contribution in [0.2, 0.25) is 0 Å². The van der Waals surface area contributed by atoms with Gasteiger partial charge < -0.3 is 9.32 Å². The van der Waals surface area contributed by atoms with E-state index in [9.17, 15) is 17.6 Å². The third-order valence-electron chi connectivity index (χ3n) is 3.61. The molecule has 5 nitrogen and oxygen atoms in total. The molecule has 1 aliphatic rings. The lowest BCUT2D eigenvalue weighted by Crippen LogP contribution is -2.36. The van der Waals surface area contributed by atoms with Crippen LogP contribution < -0.4 is 4.90 Å². The van der Waals surface area contributed by atoms with Crippen LogP contribution >= 0.6 is 15.9 Å². The summed E-state index contributed by atoms with van der Waals surface area (Å²) in [5.41, 5.74) is 0.952. The predicted molar refractivity (Wildman–Crippen MR) is 85.9 cm³/mol. The molecule has 0 aliphatic carbocycles. The minimum Gasteiger partial charge on any atom is -0.440 e. The van der Waals surface area contributed by atoms with E-state index < -0.39 is 21.6 Å². The number of sulfone groups is 1. The SMILES string of the molecule is CS(=O)(=O)c1ccc(C(=O)N2CCCc3cc(Br)cc(F)c32)o1. The molecule has 0 saturated heterocycles. The Labute approximate surface area is 141 Å². The molecule has 3 rings (SSSR count). The zero-order valence-corrected chi connectivity index (χ0v) is 14.6. The van der Waals surface area contributed by atoms with Crippen LogP contribution in [-0.2, 0) is 16.3 Å². The molecular formula is C15H13BrFNO4S. The first-order valence-electron chi connectivity index (χ1n) is 6.87. The Kier molecular flexibility index (Phi) is 4.05. The lowest BCUT2D eigenvalue weighted by atomic mass is 10.0. The Bertz CT molecular complexity index is 891. The monoisotopic (exact) mass is 401 g/mol. The van der Waals surface area contributed by atoms with E-state index in [1.807, 2.05) is 0 Å². The van der Waals surface area contributed by atoms with Crippen molar-refractivity contribution in [2.75, 3.05) is 17.7 Å². The third kappa shape index (κ3) is 3.05. The first-order valence-corrected chi connectivity index (χ1v) is 9.55. The molecule has 1 amide bonds. The summed E-state index contributed by atoms with van der Waals surface area (Å²) in [7, 11) is -3.54. The van der Waals surface area contributed by atoms with Crippen LogP contribution in [-0.4, -0.2) is 27.1 Å². The van der Waals surface area contributed by atoms with E-state index in [2.05, 4.69) is 15.9 Å². The van der Waals surface area contributed by atoms with Gasteiger partial charge in [0.05, 0.1) is 5.69 Å². The second-order valence-electron chi connectivity index (χ2n) is 5.35. The molecule has 0 radical (unpaired) electrons. The summed E-state index contributed by atoms with van der Waals surface area (Å²) in [4.78, 5) is 13.9. The zero-order chi connectivity index (χ0) is 16.8. The number of carbonyl (C=O) groups is 1. The van der Waals surface area contributed by atoms with Crippen LogP contribution in [0.25, 0.3) is 0 Å². The maximum atomic E-state index is 14.3. The van der Waals surface area contributed by atoms with E-state index >= 15 is 0 Å². The third-order valence-corrected chi connectivity index (χ3v) is 5.02. The average Bonchev–Trinajstić information content (AvgIpc) is 2.95. The largest absolute Gasteiger partial charge is 0.440 e. The van der Waals surface area contributed by atoms with Crippen molar-refractivity contribution in [2.24, 2.45) is 0 Å². The van der Waals surface area contributed by atoms with Gasteiger partial charge in [0.15, 0.2) is 5.76 Å². The van der Waals surface area contributed by atoms with E-state index in [1.54, 1.807) is 6.07 Å². The highest BCUT2D eigenvalue weighted by Gasteiger charge is 2.29. The van der Waals surface area contributed by atoms with E-state index in [4.69, 9.17) is 4.42 Å². The van der Waals surface area contributed by atoms with Gasteiger partial charge in [0.25, 0.3) is 5.91 Å². The Hall–Kier alpha value is -1.67. The highest BCUT2D eigenvalue weighted by molar-refractivity contribution is 9.10. The van der Waals surface area contributed by atoms with Gasteiger partial charge in [-0.15, -0.1) is 0 Å². The Morgan fingerprint density at radius 3 is 2.74 bits per heavy atom. The molecule has 0 atom stereocenters. The molecule has 2 aromatic rings. The van der Waals surface area contributed by atoms with Crippen molar-refractivity contribution >= 4 is 37.4 Å². The Morgan fingerprint density at radius 1 is 1.35 bits per heavy atom. The number of fused-ring (bicyclic) bond motifs is 1. The van der Waals surface area contributed by atoms with Gasteiger partial charge in [0.1, 0.15) is 5.82 Å². The topological polar surface area (TPSA) is 67.6 Å². The number of benzene rings is 1. The predicted octanol–water partition coefficient (Wildman–Crippen LogP) is 3.18. The highest BCUT2D eigenvalue weighted by atomic mass is 79.9. The summed E-state index contributed by atoms with van der Waals surface area (Å²) in [5, 5.41) is -0.283. The smallest absolute Gasteiger partial charge is 0.294 e. The maximum Gasteiger partial charge on any atom is 0.294 e. The van der Waals surface area contributed by atoms with Gasteiger partial charge >= 0.3 is 0 Å². The Morgan fingerprint density at radius 2 is 2.09 bits per heavy atom. The molecule has 2 heterocycles. The fourth-order valence-electron chi connectivity index (χ4n) is 2.62. The summed E-state index contributed by atoms with van der Waals surface area (Å²) in [5.74, 6) is -1.18. The fraction of sp³-hybridized carbons (Fsp3) is 0.267. The maximum absolute atomic E-state index is 14.3. The zero-order valence-electron chi connectivity index (χ0n) is 12.2. The number of rotatable bonds is 2. The first-order chi connectivity index (χ1) is 10.8. The molecule has 122 valence electrons. The lowest BCUT2D eigenvalue weighted by Gasteiger charge is -2.29. The number of aryl methyl sites for hydroxylation is 1. The second kappa shape index (κ2) is 5.76. The van der Waals surface area contributed by atoms with Crippen LogP contribution in [0.4, 0.5) is 10.1 Å². The lowest BCUT2D eigenvalue weighted by molar-refractivity contribution is 0.0952. The minimum atomic E-state index is -3.54. The van der Waals surface area contributed by atoms with Gasteiger partial charge in [-0.2, -0.15) is 0 Å². The van der Waals surface area contributed by atoms with Gasteiger partial charge in [-0.05, 0) is 42.7 Å². The normalized spacial score (nSPS) is 14.7. The van der Waals surface area contributed by atoms with E-state index in [-0.39, 0.29) is 16.5 Å². The first kappa shape index (κ1) is 16.2. The summed E-state index contributed by atoms with van der Waals surface area (Å²) < 4.78 is 42.9. The van der Waals surface area contributed by atoms with Gasteiger partial charge in [-0.25, -0.2) is 12.8 Å². The Balaban J connectivity index is 2.01. The minimum absolute atomic E-state index is 0.124. The molecule has 23 heavy (non-hydrogen) atoms. The number of furan rings is 1. The molecule has 0 N–H and O–H groups in total. The van der Waals surface area contributed by atoms with E-state index in [1.165, 1.54) is 23.1 Å². The number of anilines is 1. The standard InChI is InChI=1S/C15H13BrFNO4S/c1-23(20,21)13-5-4-12(22-13)15(19)18-6-2-3-9-7-10(16)8-11(17)14(9)18/h4-5,7-8H,2-3,6H2,1H3. The molecule has 0 spiro atoms. The number of hydrogen-bond donors (Lipinski definition) is 0. The van der Waals surface area contributed by atoms with E-state index in [0.29, 0.717) is 23.9 Å². The molecule has 0 saturated carbocycles. The van der Waals surface area contributed by atoms with Crippen molar-refractivity contribution in [2.45, 2.75) is 17.9 Å². The number of nitrogens with zero attached hydrogens (tertiary/aromatic N) is 1. The molecule has 8 heteroatoms. The highest BCUT2D eigenvalue weighted by Crippen LogP contribution is 2.34. The van der Waals surface area contributed by atoms with E-state index in [0.717, 1.165) is 11.8 Å². The summed E-state index contributed by atoms with van der Waals surface area (Å²) in [6, 6.07) is 5.60. The van der Waals surface area contributed by atoms with Crippen LogP contribution in [0.5, 0.6) is 0 Å². The van der Waals surface area contributed by atoms with Crippen LogP contribution in [0, 0.1) is 5.82 Å². The van der Waals surface area contributed by atoms with Crippen LogP contribution in [0.3, 0.4) is 0 Å². The van der Waals surface area contributed by atoms with Crippen molar-refractivity contribution in [1.82, 2.24) is 0 Å². The number of hydrogen-bond acceptors (Lipinski definition) is 4. The number of halogens is 2. The number of carbonyl (C=O) groups excluding carboxylic acids is 1. The second-order valence-corrected chi connectivity index (χ2v) is 8.21. The van der Waals surface area contributed by atoms with Gasteiger partial charge in [-0.1, -0.05) is 15.9 Å². The van der Waals surface area contributed by atoms with Crippen molar-refractivity contribution in [3.8, 4) is 0 Å². The van der Waals surface area contributed by atoms with Crippen LogP contribution in [0.15, 0.2) is 38.2 Å². The number of amides is 1. The quantitative estimate of drug-likeness (QED) is 0.774. The van der Waals surface area contributed by atoms with Crippen molar-refractivity contribution < 1.29 is 22.0 Å². The van der Waals surface area contributed by atoms with Gasteiger partial charge in [0.2, 0.25) is 14.9 Å². The molecule has 1 aromatic heterocycles. The molecule has 0 unspecified atom stereocenters. The summed E-state index contributed by atoms with van der Waals surface area (Å²) in [6.07, 6.45) is 2.35. The van der Waals surface area contributed by atoms with Crippen molar-refractivity contribution in [3.05, 3.63) is 45.9 Å². The molecule has 0 fully saturated rings. The fourth-order valence-corrected chi connectivity index (χ4v) is 3.66. The molecule has 0 bridgehead atoms.